The van der Waals surface area contributed by atoms with Crippen molar-refractivity contribution in [1.82, 2.24) is 55.4 Å². The SMILES string of the molecule is CC(C)(C)OC(=O)NCCN1CCN(C/C=C/C(=O)N2CCC(c3ccc(C(N)=O)c(Oc4ccc(Oc5ccccc5)cc4)n3)CC2)CC1.CC(C)(C)OC(=O)NCCN1CCNCC1.NC(=O)c1ccc(C2CCCCC2)nc1Oc1ccc(Oc2ccccc2)cc1.NC(=O)c1ccc(C2CCN(C(=O)/C=C/CBr)CC2)nc1Oc1ccc(Oc2ccccc2)cc1.O=C(O)/C=C/CBr. The molecule has 6 aromatic carbocycles. The lowest BCUT2D eigenvalue weighted by Crippen LogP contribution is -2.48. The number of rotatable bonds is 31. The number of carbonyl (C=O) groups excluding carboxylic acids is 7. The number of nitrogens with one attached hydrogen (secondary N) is 3. The predicted octanol–water partition coefficient (Wildman–Crippen LogP) is 17.8. The van der Waals surface area contributed by atoms with Crippen LogP contribution in [0.4, 0.5) is 9.59 Å². The molecule has 1 aliphatic carbocycles. The third kappa shape index (κ3) is 37.9. The summed E-state index contributed by atoms with van der Waals surface area (Å²) in [6, 6.07) is 60.5. The summed E-state index contributed by atoms with van der Waals surface area (Å²) in [6.07, 6.45) is 17.9. The average Bonchev–Trinajstić information content (AvgIpc) is 0.817. The summed E-state index contributed by atoms with van der Waals surface area (Å²) < 4.78 is 45.8. The minimum Gasteiger partial charge on any atom is -0.478 e. The van der Waals surface area contributed by atoms with Crippen LogP contribution in [0.15, 0.2) is 237 Å². The number of piperidine rings is 2. The summed E-state index contributed by atoms with van der Waals surface area (Å²) in [7, 11) is 0. The van der Waals surface area contributed by atoms with E-state index in [1.807, 2.05) is 179 Å². The molecule has 4 aliphatic heterocycles. The van der Waals surface area contributed by atoms with Crippen LogP contribution in [0, 0.1) is 0 Å². The van der Waals surface area contributed by atoms with E-state index in [0.29, 0.717) is 96.9 Å². The van der Waals surface area contributed by atoms with Crippen LogP contribution in [-0.4, -0.2) is 225 Å². The van der Waals surface area contributed by atoms with Crippen molar-refractivity contribution in [2.75, 3.05) is 122 Å². The third-order valence-electron chi connectivity index (χ3n) is 22.2. The number of aliphatic carboxylic acids is 1. The van der Waals surface area contributed by atoms with E-state index in [2.05, 4.69) is 72.5 Å². The van der Waals surface area contributed by atoms with Gasteiger partial charge in [0.1, 0.15) is 79.6 Å². The Kier molecular flexibility index (Phi) is 42.7. The van der Waals surface area contributed by atoms with Crippen molar-refractivity contribution in [2.24, 2.45) is 17.2 Å². The van der Waals surface area contributed by atoms with Crippen LogP contribution in [0.1, 0.15) is 165 Å². The Morgan fingerprint density at radius 1 is 0.380 bits per heavy atom. The Morgan fingerprint density at radius 2 is 0.679 bits per heavy atom. The van der Waals surface area contributed by atoms with E-state index in [-0.39, 0.29) is 64.1 Å². The molecule has 0 atom stereocenters. The zero-order valence-electron chi connectivity index (χ0n) is 78.6. The van der Waals surface area contributed by atoms with Gasteiger partial charge in [0.25, 0.3) is 17.7 Å². The number of likely N-dealkylation sites (tertiary alicyclic amines) is 2. The van der Waals surface area contributed by atoms with Gasteiger partial charge >= 0.3 is 18.2 Å². The molecule has 14 rings (SSSR count). The normalized spacial score (nSPS) is 15.2. The van der Waals surface area contributed by atoms with Crippen LogP contribution in [0.2, 0.25) is 0 Å². The van der Waals surface area contributed by atoms with Gasteiger partial charge in [-0.15, -0.1) is 0 Å². The van der Waals surface area contributed by atoms with Crippen LogP contribution in [0.25, 0.3) is 0 Å². The number of aromatic nitrogens is 3. The van der Waals surface area contributed by atoms with Crippen molar-refractivity contribution in [2.45, 2.75) is 128 Å². The minimum atomic E-state index is -0.903. The summed E-state index contributed by atoms with van der Waals surface area (Å²) in [5.41, 5.74) is 19.1. The molecule has 9 aromatic rings. The second-order valence-electron chi connectivity index (χ2n) is 34.8. The molecule has 137 heavy (non-hydrogen) atoms. The number of hydrogen-bond acceptors (Lipinski definition) is 23. The van der Waals surface area contributed by atoms with Crippen LogP contribution in [0.5, 0.6) is 69.4 Å². The molecular weight excluding hydrogens is 1880 g/mol. The van der Waals surface area contributed by atoms with Crippen LogP contribution in [-0.2, 0) is 23.9 Å². The molecule has 7 amide bonds. The molecule has 5 aliphatic rings. The Labute approximate surface area is 818 Å². The second-order valence-corrected chi connectivity index (χ2v) is 36.1. The number of para-hydroxylation sites is 3. The fraction of sp³-hybridized carbons (Fsp3) is 0.375. The van der Waals surface area contributed by atoms with Crippen molar-refractivity contribution in [3.8, 4) is 69.4 Å². The van der Waals surface area contributed by atoms with Gasteiger partial charge in [0.05, 0.1) is 0 Å². The third-order valence-corrected chi connectivity index (χ3v) is 22.9. The molecule has 5 fully saturated rings. The molecule has 728 valence electrons. The van der Waals surface area contributed by atoms with Gasteiger partial charge in [-0.3, -0.25) is 38.7 Å². The maximum Gasteiger partial charge on any atom is 0.407 e. The molecule has 0 bridgehead atoms. The number of allylic oxidation sites excluding steroid dienone is 2. The van der Waals surface area contributed by atoms with Crippen molar-refractivity contribution >= 4 is 79.6 Å². The Hall–Kier alpha value is -13.1. The molecular formula is C104H126Br2N14O17. The topological polar surface area (TPSA) is 400 Å². The van der Waals surface area contributed by atoms with Crippen LogP contribution in [0.3, 0.4) is 0 Å². The lowest BCUT2D eigenvalue weighted by Gasteiger charge is -2.34. The number of hydrogen-bond donors (Lipinski definition) is 7. The van der Waals surface area contributed by atoms with E-state index in [4.69, 9.17) is 65.2 Å². The first-order chi connectivity index (χ1) is 66.0. The van der Waals surface area contributed by atoms with Gasteiger partial charge in [0.2, 0.25) is 29.5 Å². The number of amides is 7. The number of primary amides is 3. The first kappa shape index (κ1) is 106. The zero-order chi connectivity index (χ0) is 97.9. The molecule has 3 aromatic heterocycles. The lowest BCUT2D eigenvalue weighted by molar-refractivity contribution is -0.131. The molecule has 31 nitrogen and oxygen atoms in total. The fourth-order valence-corrected chi connectivity index (χ4v) is 15.5. The standard InChI is InChI=1S/C38H48N6O6.C27H26BrN3O4.C24H24N2O3.C11H23N3O2.C4H5BrO2/c1-38(2,3)50-37(47)40-19-23-43-26-24-42(25-27-43)20-7-10-34(45)44-21-17-28(18-22-44)33-16-15-32(35(39)46)36(41-33)49-31-13-11-30(12-14-31)48-29-8-5-4-6-9-29;28-16-4-7-25(32)31-17-14-19(15-18-31)24-13-12-23(26(29)33)27(30-24)35-22-10-8-21(9-11-22)34-20-5-2-1-3-6-20;25-23(27)21-15-16-22(17-7-3-1-4-8-17)26-24(21)29-20-13-11-19(12-14-20)28-18-9-5-2-6-10-18;1-11(2,3)16-10(15)13-6-9-14-7-4-12-5-8-14;5-3-1-2-4(6)7/h4-16,28H,17-27H2,1-3H3,(H2,39,46)(H,40,47);1-13,19H,14-18H2,(H2,29,33);2,5-6,9-17H,1,3-4,7-8H2,(H2,25,27);12H,4-9H2,1-3H3,(H,13,15);1-2H,3H2,(H,6,7)/b10-7+;7-4+;;;2-1+. The number of carboxylic acids is 1. The maximum absolute atomic E-state index is 13.0. The van der Waals surface area contributed by atoms with Crippen molar-refractivity contribution < 1.29 is 81.4 Å². The van der Waals surface area contributed by atoms with Gasteiger partial charge in [-0.25, -0.2) is 29.3 Å². The smallest absolute Gasteiger partial charge is 0.407 e. The number of nitrogens with zero attached hydrogens (tertiary/aromatic N) is 8. The summed E-state index contributed by atoms with van der Waals surface area (Å²) in [6.45, 7) is 25.0. The molecule has 7 heterocycles. The number of halogens is 2. The van der Waals surface area contributed by atoms with Gasteiger partial charge in [-0.05, 0) is 232 Å². The minimum absolute atomic E-state index is 0.0102. The highest BCUT2D eigenvalue weighted by molar-refractivity contribution is 9.09. The van der Waals surface area contributed by atoms with Crippen molar-refractivity contribution in [1.29, 1.82) is 0 Å². The van der Waals surface area contributed by atoms with Crippen molar-refractivity contribution in [3.63, 3.8) is 0 Å². The first-order valence-corrected chi connectivity index (χ1v) is 48.4. The Morgan fingerprint density at radius 3 is 0.993 bits per heavy atom. The predicted molar refractivity (Wildman–Crippen MR) is 534 cm³/mol. The number of nitrogens with two attached hydrogens (primary N) is 3. The summed E-state index contributed by atoms with van der Waals surface area (Å²) >= 11 is 6.32. The van der Waals surface area contributed by atoms with Crippen LogP contribution < -0.4 is 61.6 Å². The molecule has 4 saturated heterocycles. The van der Waals surface area contributed by atoms with Gasteiger partial charge in [-0.2, -0.15) is 0 Å². The molecule has 33 heteroatoms. The largest absolute Gasteiger partial charge is 0.478 e. The molecule has 0 spiro atoms. The number of alkyl carbamates (subject to hydrolysis) is 2. The molecule has 0 unspecified atom stereocenters. The average molecular weight is 2000 g/mol. The zero-order valence-corrected chi connectivity index (χ0v) is 81.8. The number of carboxylic acid groups (broad SMARTS) is 1. The van der Waals surface area contributed by atoms with E-state index in [9.17, 15) is 38.4 Å². The van der Waals surface area contributed by atoms with Gasteiger partial charge in [-0.1, -0.05) is 124 Å². The second kappa shape index (κ2) is 55.2. The van der Waals surface area contributed by atoms with E-state index >= 15 is 0 Å². The maximum atomic E-state index is 13.0. The van der Waals surface area contributed by atoms with Gasteiger partial charge in [0.15, 0.2) is 0 Å². The number of piperazine rings is 2. The van der Waals surface area contributed by atoms with E-state index in [0.717, 1.165) is 144 Å². The highest BCUT2D eigenvalue weighted by atomic mass is 79.9. The molecule has 0 radical (unpaired) electrons. The number of ether oxygens (including phenoxy) is 8. The van der Waals surface area contributed by atoms with Crippen molar-refractivity contribution in [3.05, 3.63) is 270 Å². The molecule has 1 saturated carbocycles. The monoisotopic (exact) mass is 2000 g/mol. The summed E-state index contributed by atoms with van der Waals surface area (Å²) in [5, 5.41) is 18.1. The summed E-state index contributed by atoms with van der Waals surface area (Å²) in [5.74, 6) is 4.43. The first-order valence-electron chi connectivity index (χ1n) is 46.2. The van der Waals surface area contributed by atoms with Gasteiger partial charge in [0, 0.05) is 169 Å². The molecule has 10 N–H and O–H groups in total. The van der Waals surface area contributed by atoms with Crippen LogP contribution >= 0.6 is 31.9 Å². The highest BCUT2D eigenvalue weighted by Crippen LogP contribution is 2.38. The van der Waals surface area contributed by atoms with E-state index in [1.54, 1.807) is 97.1 Å². The van der Waals surface area contributed by atoms with E-state index in [1.165, 1.54) is 25.3 Å². The number of carbonyl (C=O) groups is 8. The number of pyridine rings is 3. The summed E-state index contributed by atoms with van der Waals surface area (Å²) in [4.78, 5) is 119. The fourth-order valence-electron chi connectivity index (χ4n) is 15.2. The Bertz CT molecular complexity index is 5410. The quantitative estimate of drug-likeness (QED) is 0.0157. The highest BCUT2D eigenvalue weighted by Gasteiger charge is 2.30. The van der Waals surface area contributed by atoms with E-state index < -0.39 is 41.0 Å². The Balaban J connectivity index is 0.000000195. The van der Waals surface area contributed by atoms with Gasteiger partial charge < -0.3 is 86.0 Å². The number of benzene rings is 6. The number of alkyl halides is 2. The lowest BCUT2D eigenvalue weighted by atomic mass is 9.86.